The Morgan fingerprint density at radius 3 is 2.11 bits per heavy atom. The van der Waals surface area contributed by atoms with E-state index < -0.39 is 36.1 Å². The van der Waals surface area contributed by atoms with Crippen molar-refractivity contribution in [3.8, 4) is 0 Å². The number of hydrogen-bond acceptors (Lipinski definition) is 6. The van der Waals surface area contributed by atoms with E-state index in [0.717, 1.165) is 6.92 Å². The zero-order valence-electron chi connectivity index (χ0n) is 14.6. The lowest BCUT2D eigenvalue weighted by Gasteiger charge is -2.25. The minimum Gasteiger partial charge on any atom is -0.459 e. The van der Waals surface area contributed by atoms with E-state index in [4.69, 9.17) is 14.2 Å². The molecule has 2 aromatic rings. The van der Waals surface area contributed by atoms with Crippen LogP contribution in [0.25, 0.3) is 0 Å². The van der Waals surface area contributed by atoms with Crippen LogP contribution in [0.3, 0.4) is 0 Å². The summed E-state index contributed by atoms with van der Waals surface area (Å²) in [5, 5.41) is 9.83. The number of ether oxygens (including phenoxy) is 3. The first kappa shape index (κ1) is 19.0. The highest BCUT2D eigenvalue weighted by molar-refractivity contribution is 5.90. The maximum Gasteiger partial charge on any atom is 0.338 e. The molecule has 0 amide bonds. The summed E-state index contributed by atoms with van der Waals surface area (Å²) in [6.07, 6.45) is -4.40. The van der Waals surface area contributed by atoms with Crippen molar-refractivity contribution in [2.45, 2.75) is 31.1 Å². The predicted octanol–water partition coefficient (Wildman–Crippen LogP) is 2.51. The number of halogens is 1. The number of benzene rings is 2. The van der Waals surface area contributed by atoms with Crippen molar-refractivity contribution in [2.75, 3.05) is 6.61 Å². The number of esters is 2. The van der Waals surface area contributed by atoms with Crippen LogP contribution in [-0.2, 0) is 14.2 Å². The second-order valence-corrected chi connectivity index (χ2v) is 6.33. The molecule has 1 aliphatic heterocycles. The number of aliphatic hydroxyl groups is 1. The molecule has 0 saturated carbocycles. The zero-order valence-corrected chi connectivity index (χ0v) is 14.6. The fraction of sp³-hybridized carbons (Fsp3) is 0.300. The van der Waals surface area contributed by atoms with Crippen molar-refractivity contribution in [1.82, 2.24) is 0 Å². The highest BCUT2D eigenvalue weighted by atomic mass is 19.1. The lowest BCUT2D eigenvalue weighted by atomic mass is 9.99. The summed E-state index contributed by atoms with van der Waals surface area (Å²) >= 11 is 0. The van der Waals surface area contributed by atoms with Gasteiger partial charge in [0.2, 0.25) is 0 Å². The van der Waals surface area contributed by atoms with E-state index in [1.807, 2.05) is 0 Å². The molecule has 3 unspecified atom stereocenters. The summed E-state index contributed by atoms with van der Waals surface area (Å²) in [4.78, 5) is 24.3. The van der Waals surface area contributed by atoms with Gasteiger partial charge in [0, 0.05) is 0 Å². The van der Waals surface area contributed by atoms with Gasteiger partial charge in [0.05, 0.1) is 11.1 Å². The van der Waals surface area contributed by atoms with Crippen LogP contribution >= 0.6 is 0 Å². The van der Waals surface area contributed by atoms with Gasteiger partial charge in [0.1, 0.15) is 12.7 Å². The Bertz CT molecular complexity index is 793. The summed E-state index contributed by atoms with van der Waals surface area (Å²) in [6.45, 7) is 0.691. The second-order valence-electron chi connectivity index (χ2n) is 6.33. The third-order valence-corrected chi connectivity index (χ3v) is 4.31. The van der Waals surface area contributed by atoms with Gasteiger partial charge < -0.3 is 19.3 Å². The molecule has 27 heavy (non-hydrogen) atoms. The largest absolute Gasteiger partial charge is 0.459 e. The Morgan fingerprint density at radius 2 is 1.56 bits per heavy atom. The predicted molar refractivity (Wildman–Crippen MR) is 92.8 cm³/mol. The van der Waals surface area contributed by atoms with Gasteiger partial charge in [-0.2, -0.15) is 0 Å². The van der Waals surface area contributed by atoms with Gasteiger partial charge >= 0.3 is 11.9 Å². The molecule has 1 N–H and O–H groups in total. The Hall–Kier alpha value is -2.77. The van der Waals surface area contributed by atoms with Crippen LogP contribution in [0, 0.1) is 0 Å². The quantitative estimate of drug-likeness (QED) is 0.810. The molecule has 4 atom stereocenters. The Balaban J connectivity index is 1.69. The van der Waals surface area contributed by atoms with Gasteiger partial charge in [-0.3, -0.25) is 0 Å². The highest BCUT2D eigenvalue weighted by Gasteiger charge is 2.57. The van der Waals surface area contributed by atoms with E-state index in [0.29, 0.717) is 5.56 Å². The van der Waals surface area contributed by atoms with E-state index >= 15 is 0 Å². The van der Waals surface area contributed by atoms with E-state index in [9.17, 15) is 19.1 Å². The molecule has 0 aromatic heterocycles. The van der Waals surface area contributed by atoms with E-state index in [1.165, 1.54) is 12.1 Å². The molecule has 0 aliphatic carbocycles. The molecule has 0 bridgehead atoms. The summed E-state index contributed by atoms with van der Waals surface area (Å²) in [7, 11) is 0. The van der Waals surface area contributed by atoms with E-state index in [1.54, 1.807) is 48.5 Å². The molecule has 142 valence electrons. The molecule has 7 heteroatoms. The minimum atomic E-state index is -2.35. The molecular weight excluding hydrogens is 355 g/mol. The third kappa shape index (κ3) is 4.15. The van der Waals surface area contributed by atoms with Gasteiger partial charge in [-0.05, 0) is 31.2 Å². The molecule has 2 aromatic carbocycles. The van der Waals surface area contributed by atoms with E-state index in [-0.39, 0.29) is 12.2 Å². The van der Waals surface area contributed by atoms with E-state index in [2.05, 4.69) is 0 Å². The number of hydrogen-bond donors (Lipinski definition) is 1. The molecule has 1 heterocycles. The summed E-state index contributed by atoms with van der Waals surface area (Å²) in [6, 6.07) is 16.3. The molecular formula is C20H19FO6. The highest BCUT2D eigenvalue weighted by Crippen LogP contribution is 2.36. The molecule has 1 saturated heterocycles. The van der Waals surface area contributed by atoms with Gasteiger partial charge in [-0.25, -0.2) is 14.0 Å². The Kier molecular flexibility index (Phi) is 5.53. The van der Waals surface area contributed by atoms with Crippen molar-refractivity contribution < 1.29 is 33.3 Å². The summed E-state index contributed by atoms with van der Waals surface area (Å²) in [5.41, 5.74) is -1.81. The molecule has 0 radical (unpaired) electrons. The van der Waals surface area contributed by atoms with Crippen LogP contribution in [0.1, 0.15) is 27.6 Å². The van der Waals surface area contributed by atoms with Gasteiger partial charge in [0.25, 0.3) is 0 Å². The van der Waals surface area contributed by atoms with Crippen molar-refractivity contribution in [3.63, 3.8) is 0 Å². The van der Waals surface area contributed by atoms with Crippen LogP contribution in [-0.4, -0.2) is 47.8 Å². The third-order valence-electron chi connectivity index (χ3n) is 4.31. The van der Waals surface area contributed by atoms with Crippen LogP contribution in [0.5, 0.6) is 0 Å². The lowest BCUT2D eigenvalue weighted by molar-refractivity contribution is -0.144. The smallest absolute Gasteiger partial charge is 0.338 e. The number of alkyl halides is 1. The Labute approximate surface area is 155 Å². The monoisotopic (exact) mass is 374 g/mol. The molecule has 0 spiro atoms. The fourth-order valence-corrected chi connectivity index (χ4v) is 2.76. The maximum atomic E-state index is 14.8. The SMILES string of the molecule is CC1(F)C(OC(=O)c2ccccc2)C(COC(=O)c2ccccc2)O[C@@H]1O. The van der Waals surface area contributed by atoms with Crippen LogP contribution in [0.4, 0.5) is 4.39 Å². The van der Waals surface area contributed by atoms with Gasteiger partial charge in [-0.1, -0.05) is 36.4 Å². The van der Waals surface area contributed by atoms with Crippen molar-refractivity contribution in [3.05, 3.63) is 71.8 Å². The standard InChI is InChI=1S/C20H19FO6/c1-20(21)16(27-18(23)14-10-6-3-7-11-14)15(26-19(20)24)12-25-17(22)13-8-4-2-5-9-13/h2-11,15-16,19,24H,12H2,1H3/t15?,16?,19-,20?/m0/s1. The summed E-state index contributed by atoms with van der Waals surface area (Å²) < 4.78 is 30.4. The number of aliphatic hydroxyl groups excluding tert-OH is 1. The van der Waals surface area contributed by atoms with Crippen molar-refractivity contribution in [1.29, 1.82) is 0 Å². The first-order chi connectivity index (χ1) is 12.9. The zero-order chi connectivity index (χ0) is 19.4. The minimum absolute atomic E-state index is 0.231. The number of carbonyl (C=O) groups excluding carboxylic acids is 2. The Morgan fingerprint density at radius 1 is 1.04 bits per heavy atom. The maximum absolute atomic E-state index is 14.8. The van der Waals surface area contributed by atoms with Gasteiger partial charge in [0.15, 0.2) is 18.1 Å². The average Bonchev–Trinajstić information content (AvgIpc) is 2.90. The molecule has 6 nitrogen and oxygen atoms in total. The summed E-state index contributed by atoms with van der Waals surface area (Å²) in [5.74, 6) is -1.39. The number of rotatable bonds is 5. The molecule has 1 fully saturated rings. The molecule has 1 aliphatic rings. The van der Waals surface area contributed by atoms with Crippen molar-refractivity contribution >= 4 is 11.9 Å². The van der Waals surface area contributed by atoms with Crippen LogP contribution < -0.4 is 0 Å². The average molecular weight is 374 g/mol. The number of carbonyl (C=O) groups is 2. The topological polar surface area (TPSA) is 82.1 Å². The molecule has 3 rings (SSSR count). The van der Waals surface area contributed by atoms with Crippen LogP contribution in [0.15, 0.2) is 60.7 Å². The lowest BCUT2D eigenvalue weighted by Crippen LogP contribution is -2.45. The first-order valence-electron chi connectivity index (χ1n) is 8.40. The van der Waals surface area contributed by atoms with Gasteiger partial charge in [-0.15, -0.1) is 0 Å². The fourth-order valence-electron chi connectivity index (χ4n) is 2.76. The van der Waals surface area contributed by atoms with Crippen molar-refractivity contribution in [2.24, 2.45) is 0 Å². The second kappa shape index (κ2) is 7.85. The van der Waals surface area contributed by atoms with Crippen LogP contribution in [0.2, 0.25) is 0 Å². The normalized spacial score (nSPS) is 27.1. The first-order valence-corrected chi connectivity index (χ1v) is 8.40.